The van der Waals surface area contributed by atoms with E-state index < -0.39 is 0 Å². The molecule has 0 heterocycles. The maximum absolute atomic E-state index is 5.64. The van der Waals surface area contributed by atoms with Gasteiger partial charge in [0.15, 0.2) is 0 Å². The zero-order valence-electron chi connectivity index (χ0n) is 12.9. The summed E-state index contributed by atoms with van der Waals surface area (Å²) in [6.07, 6.45) is 4.08. The molecule has 1 fully saturated rings. The maximum Gasteiger partial charge on any atom is 0.119 e. The van der Waals surface area contributed by atoms with Crippen molar-refractivity contribution >= 4 is 0 Å². The number of benzene rings is 1. The highest BCUT2D eigenvalue weighted by molar-refractivity contribution is 5.30. The molecule has 112 valence electrons. The second-order valence-corrected chi connectivity index (χ2v) is 5.50. The van der Waals surface area contributed by atoms with Gasteiger partial charge in [-0.2, -0.15) is 0 Å². The first-order chi connectivity index (χ1) is 9.76. The maximum atomic E-state index is 5.64. The van der Waals surface area contributed by atoms with E-state index in [1.54, 1.807) is 0 Å². The minimum absolute atomic E-state index is 0.406. The van der Waals surface area contributed by atoms with E-state index in [2.05, 4.69) is 30.4 Å². The van der Waals surface area contributed by atoms with Crippen molar-refractivity contribution < 1.29 is 9.47 Å². The first-order valence-corrected chi connectivity index (χ1v) is 7.78. The van der Waals surface area contributed by atoms with Gasteiger partial charge in [0.25, 0.3) is 0 Å². The van der Waals surface area contributed by atoms with Crippen LogP contribution in [0.5, 0.6) is 5.75 Å². The van der Waals surface area contributed by atoms with Crippen LogP contribution in [0.1, 0.15) is 44.7 Å². The fourth-order valence-electron chi connectivity index (χ4n) is 2.98. The Hall–Kier alpha value is -1.06. The lowest BCUT2D eigenvalue weighted by Crippen LogP contribution is -2.34. The topological polar surface area (TPSA) is 30.5 Å². The van der Waals surface area contributed by atoms with Crippen LogP contribution in [0.2, 0.25) is 0 Å². The van der Waals surface area contributed by atoms with Gasteiger partial charge in [-0.15, -0.1) is 0 Å². The number of ether oxygens (including phenoxy) is 2. The summed E-state index contributed by atoms with van der Waals surface area (Å²) >= 11 is 0. The molecule has 0 saturated heterocycles. The fourth-order valence-corrected chi connectivity index (χ4v) is 2.98. The fraction of sp³-hybridized carbons (Fsp3) is 0.647. The lowest BCUT2D eigenvalue weighted by Gasteiger charge is -2.37. The Kier molecular flexibility index (Phi) is 5.86. The second-order valence-electron chi connectivity index (χ2n) is 5.50. The molecule has 3 heteroatoms. The molecule has 1 atom stereocenters. The van der Waals surface area contributed by atoms with E-state index in [4.69, 9.17) is 9.47 Å². The first-order valence-electron chi connectivity index (χ1n) is 7.78. The summed E-state index contributed by atoms with van der Waals surface area (Å²) in [4.78, 5) is 0. The van der Waals surface area contributed by atoms with Gasteiger partial charge < -0.3 is 14.8 Å². The van der Waals surface area contributed by atoms with Crippen LogP contribution in [0.15, 0.2) is 24.3 Å². The first kappa shape index (κ1) is 15.3. The molecule has 0 aliphatic heterocycles. The van der Waals surface area contributed by atoms with Crippen molar-refractivity contribution in [3.8, 4) is 5.75 Å². The Morgan fingerprint density at radius 2 is 2.05 bits per heavy atom. The van der Waals surface area contributed by atoms with Crippen LogP contribution in [-0.2, 0) is 4.74 Å². The minimum Gasteiger partial charge on any atom is -0.494 e. The van der Waals surface area contributed by atoms with Crippen LogP contribution < -0.4 is 10.1 Å². The molecular weight excluding hydrogens is 250 g/mol. The molecule has 0 spiro atoms. The third-order valence-corrected chi connectivity index (χ3v) is 4.08. The van der Waals surface area contributed by atoms with Crippen molar-refractivity contribution in [1.29, 1.82) is 0 Å². The molecule has 20 heavy (non-hydrogen) atoms. The highest BCUT2D eigenvalue weighted by atomic mass is 16.5. The van der Waals surface area contributed by atoms with Crippen molar-refractivity contribution in [2.45, 2.75) is 45.3 Å². The van der Waals surface area contributed by atoms with E-state index in [-0.39, 0.29) is 0 Å². The van der Waals surface area contributed by atoms with Gasteiger partial charge >= 0.3 is 0 Å². The lowest BCUT2D eigenvalue weighted by atomic mass is 9.77. The molecule has 1 unspecified atom stereocenters. The van der Waals surface area contributed by atoms with Gasteiger partial charge in [-0.25, -0.2) is 0 Å². The van der Waals surface area contributed by atoms with Crippen LogP contribution in [0.3, 0.4) is 0 Å². The average Bonchev–Trinajstić information content (AvgIpc) is 2.42. The van der Waals surface area contributed by atoms with Gasteiger partial charge in [-0.05, 0) is 63.8 Å². The van der Waals surface area contributed by atoms with Gasteiger partial charge in [0.2, 0.25) is 0 Å². The SMILES string of the molecule is CCOc1cccc(C(CC2CC(OCC)C2)NC)c1. The Balaban J connectivity index is 1.90. The summed E-state index contributed by atoms with van der Waals surface area (Å²) in [5.41, 5.74) is 1.32. The standard InChI is InChI=1S/C17H27NO2/c1-4-19-15-8-6-7-14(12-15)17(18-3)11-13-9-16(10-13)20-5-2/h6-8,12-13,16-18H,4-5,9-11H2,1-3H3. The summed E-state index contributed by atoms with van der Waals surface area (Å²) in [6, 6.07) is 8.84. The molecule has 3 nitrogen and oxygen atoms in total. The molecule has 1 aromatic carbocycles. The largest absolute Gasteiger partial charge is 0.494 e. The Bertz CT molecular complexity index is 402. The molecule has 1 aromatic rings. The second kappa shape index (κ2) is 7.65. The van der Waals surface area contributed by atoms with Crippen LogP contribution in [0.4, 0.5) is 0 Å². The van der Waals surface area contributed by atoms with Crippen LogP contribution in [0.25, 0.3) is 0 Å². The minimum atomic E-state index is 0.406. The molecule has 1 aliphatic carbocycles. The normalized spacial score (nSPS) is 23.1. The van der Waals surface area contributed by atoms with Crippen LogP contribution in [0, 0.1) is 5.92 Å². The van der Waals surface area contributed by atoms with Crippen molar-refractivity contribution in [2.24, 2.45) is 5.92 Å². The summed E-state index contributed by atoms with van der Waals surface area (Å²) < 4.78 is 11.2. The summed E-state index contributed by atoms with van der Waals surface area (Å²) in [5, 5.41) is 3.44. The smallest absolute Gasteiger partial charge is 0.119 e. The van der Waals surface area contributed by atoms with Crippen molar-refractivity contribution in [3.63, 3.8) is 0 Å². The van der Waals surface area contributed by atoms with Gasteiger partial charge in [-0.3, -0.25) is 0 Å². The van der Waals surface area contributed by atoms with E-state index in [9.17, 15) is 0 Å². The zero-order chi connectivity index (χ0) is 14.4. The van der Waals surface area contributed by atoms with E-state index >= 15 is 0 Å². The molecule has 2 rings (SSSR count). The predicted octanol–water partition coefficient (Wildman–Crippen LogP) is 3.55. The zero-order valence-corrected chi connectivity index (χ0v) is 12.9. The molecular formula is C17H27NO2. The van der Waals surface area contributed by atoms with Gasteiger partial charge in [0, 0.05) is 12.6 Å². The van der Waals surface area contributed by atoms with Gasteiger partial charge in [0.1, 0.15) is 5.75 Å². The molecule has 1 N–H and O–H groups in total. The average molecular weight is 277 g/mol. The number of hydrogen-bond acceptors (Lipinski definition) is 3. The lowest BCUT2D eigenvalue weighted by molar-refractivity contribution is -0.0289. The molecule has 0 radical (unpaired) electrons. The van der Waals surface area contributed by atoms with E-state index in [0.717, 1.165) is 18.3 Å². The van der Waals surface area contributed by atoms with Crippen molar-refractivity contribution in [1.82, 2.24) is 5.32 Å². The Morgan fingerprint density at radius 3 is 2.70 bits per heavy atom. The quantitative estimate of drug-likeness (QED) is 0.788. The Morgan fingerprint density at radius 1 is 1.25 bits per heavy atom. The van der Waals surface area contributed by atoms with Crippen LogP contribution >= 0.6 is 0 Å². The van der Waals surface area contributed by atoms with Gasteiger partial charge in [0.05, 0.1) is 12.7 Å². The van der Waals surface area contributed by atoms with E-state index in [1.165, 1.54) is 24.8 Å². The van der Waals surface area contributed by atoms with Crippen LogP contribution in [-0.4, -0.2) is 26.4 Å². The molecule has 0 bridgehead atoms. The number of rotatable bonds is 8. The summed E-state index contributed by atoms with van der Waals surface area (Å²) in [6.45, 7) is 5.64. The molecule has 1 aliphatic rings. The highest BCUT2D eigenvalue weighted by Gasteiger charge is 2.31. The predicted molar refractivity (Wildman–Crippen MR) is 82.2 cm³/mol. The van der Waals surface area contributed by atoms with E-state index in [0.29, 0.717) is 18.8 Å². The number of hydrogen-bond donors (Lipinski definition) is 1. The molecule has 0 aromatic heterocycles. The molecule has 1 saturated carbocycles. The molecule has 0 amide bonds. The van der Waals surface area contributed by atoms with Crippen molar-refractivity contribution in [3.05, 3.63) is 29.8 Å². The van der Waals surface area contributed by atoms with E-state index in [1.807, 2.05) is 20.0 Å². The summed E-state index contributed by atoms with van der Waals surface area (Å²) in [7, 11) is 2.04. The highest BCUT2D eigenvalue weighted by Crippen LogP contribution is 2.37. The third kappa shape index (κ3) is 3.97. The third-order valence-electron chi connectivity index (χ3n) is 4.08. The Labute approximate surface area is 122 Å². The van der Waals surface area contributed by atoms with Crippen molar-refractivity contribution in [2.75, 3.05) is 20.3 Å². The van der Waals surface area contributed by atoms with Gasteiger partial charge in [-0.1, -0.05) is 12.1 Å². The number of nitrogens with one attached hydrogen (secondary N) is 1. The monoisotopic (exact) mass is 277 g/mol. The summed E-state index contributed by atoms with van der Waals surface area (Å²) in [5.74, 6) is 1.74.